The average molecular weight is 417 g/mol. The summed E-state index contributed by atoms with van der Waals surface area (Å²) < 4.78 is 20.9. The zero-order valence-corrected chi connectivity index (χ0v) is 18.5. The fourth-order valence-corrected chi connectivity index (χ4v) is 5.60. The third kappa shape index (κ3) is 3.70. The molecule has 2 N–H and O–H groups in total. The number of rotatable bonds is 4. The van der Waals surface area contributed by atoms with Crippen LogP contribution in [0.4, 0.5) is 4.39 Å². The molecular formula is C24H33FN2O3. The molecule has 3 heterocycles. The van der Waals surface area contributed by atoms with Crippen LogP contribution in [-0.2, 0) is 4.79 Å². The molecule has 6 heteroatoms. The predicted octanol–water partition coefficient (Wildman–Crippen LogP) is 4.74. The molecule has 0 saturated carbocycles. The zero-order chi connectivity index (χ0) is 21.8. The van der Waals surface area contributed by atoms with E-state index in [1.54, 1.807) is 18.3 Å². The number of fused-ring (bicyclic) bond motifs is 3. The number of piperidine rings is 2. The number of halogens is 1. The van der Waals surface area contributed by atoms with E-state index in [-0.39, 0.29) is 29.8 Å². The highest BCUT2D eigenvalue weighted by Crippen LogP contribution is 2.43. The molecule has 4 rings (SSSR count). The number of carbonyl (C=O) groups excluding carboxylic acids is 1. The van der Waals surface area contributed by atoms with E-state index in [4.69, 9.17) is 4.74 Å². The Morgan fingerprint density at radius 1 is 1.27 bits per heavy atom. The Labute approximate surface area is 177 Å². The summed E-state index contributed by atoms with van der Waals surface area (Å²) in [6.07, 6.45) is 4.61. The maximum Gasteiger partial charge on any atom is 0.230 e. The number of nitrogens with one attached hydrogen (secondary N) is 1. The summed E-state index contributed by atoms with van der Waals surface area (Å²) in [6.45, 7) is 9.67. The minimum Gasteiger partial charge on any atom is -0.488 e. The van der Waals surface area contributed by atoms with Crippen LogP contribution >= 0.6 is 0 Å². The normalized spacial score (nSPS) is 30.0. The molecular weight excluding hydrogens is 383 g/mol. The van der Waals surface area contributed by atoms with Gasteiger partial charge < -0.3 is 19.7 Å². The average Bonchev–Trinajstić information content (AvgIpc) is 3.05. The lowest BCUT2D eigenvalue weighted by atomic mass is 9.72. The van der Waals surface area contributed by atoms with Crippen LogP contribution in [-0.4, -0.2) is 44.7 Å². The van der Waals surface area contributed by atoms with Crippen molar-refractivity contribution in [3.63, 3.8) is 0 Å². The molecule has 2 saturated heterocycles. The smallest absolute Gasteiger partial charge is 0.230 e. The van der Waals surface area contributed by atoms with E-state index in [0.29, 0.717) is 35.2 Å². The number of H-pyrrole nitrogens is 1. The number of carbonyl (C=O) groups is 1. The van der Waals surface area contributed by atoms with Gasteiger partial charge in [0.1, 0.15) is 0 Å². The first-order chi connectivity index (χ1) is 14.1. The molecule has 2 bridgehead atoms. The number of ether oxygens (including phenoxy) is 1. The molecule has 1 aromatic carbocycles. The van der Waals surface area contributed by atoms with Gasteiger partial charge in [-0.05, 0) is 77.0 Å². The van der Waals surface area contributed by atoms with Crippen molar-refractivity contribution in [3.05, 3.63) is 29.7 Å². The number of hydrogen-bond acceptors (Lipinski definition) is 3. The molecule has 5 nitrogen and oxygen atoms in total. The Balaban J connectivity index is 1.67. The van der Waals surface area contributed by atoms with Gasteiger partial charge in [-0.3, -0.25) is 4.79 Å². The van der Waals surface area contributed by atoms with Crippen LogP contribution in [0.5, 0.6) is 5.75 Å². The Hall–Kier alpha value is -2.08. The Morgan fingerprint density at radius 2 is 1.90 bits per heavy atom. The van der Waals surface area contributed by atoms with Crippen molar-refractivity contribution in [2.75, 3.05) is 0 Å². The number of aliphatic hydroxyl groups is 1. The first-order valence-electron chi connectivity index (χ1n) is 11.1. The standard InChI is InChI=1S/C24H33FN2O3/c1-13(2)30-20-7-6-19-21(22(20)25)18(12-26-19)15(4)23(28)27-16-8-14(3)9-17(27)11-24(5,29)10-16/h6-7,12-17,26,29H,8-11H2,1-5H3. The van der Waals surface area contributed by atoms with Gasteiger partial charge in [-0.15, -0.1) is 0 Å². The number of hydrogen-bond donors (Lipinski definition) is 2. The van der Waals surface area contributed by atoms with Gasteiger partial charge in [0.15, 0.2) is 11.6 Å². The van der Waals surface area contributed by atoms with Crippen LogP contribution in [0.25, 0.3) is 10.9 Å². The lowest BCUT2D eigenvalue weighted by Crippen LogP contribution is -2.61. The summed E-state index contributed by atoms with van der Waals surface area (Å²) in [5, 5.41) is 11.1. The molecule has 3 atom stereocenters. The molecule has 30 heavy (non-hydrogen) atoms. The molecule has 2 aliphatic rings. The van der Waals surface area contributed by atoms with Crippen LogP contribution < -0.4 is 4.74 Å². The van der Waals surface area contributed by atoms with Crippen molar-refractivity contribution < 1.29 is 19.0 Å². The van der Waals surface area contributed by atoms with Gasteiger partial charge in [0.25, 0.3) is 0 Å². The zero-order valence-electron chi connectivity index (χ0n) is 18.5. The Bertz CT molecular complexity index is 933. The fraction of sp³-hybridized carbons (Fsp3) is 0.625. The van der Waals surface area contributed by atoms with E-state index in [9.17, 15) is 9.90 Å². The van der Waals surface area contributed by atoms with Gasteiger partial charge in [-0.2, -0.15) is 0 Å². The van der Waals surface area contributed by atoms with E-state index in [1.807, 2.05) is 32.6 Å². The van der Waals surface area contributed by atoms with Crippen molar-refractivity contribution >= 4 is 16.8 Å². The molecule has 2 aliphatic heterocycles. The lowest BCUT2D eigenvalue weighted by molar-refractivity contribution is -0.153. The van der Waals surface area contributed by atoms with Gasteiger partial charge in [-0.1, -0.05) is 6.92 Å². The largest absolute Gasteiger partial charge is 0.488 e. The van der Waals surface area contributed by atoms with Crippen molar-refractivity contribution in [2.24, 2.45) is 5.92 Å². The number of benzene rings is 1. The highest BCUT2D eigenvalue weighted by atomic mass is 19.1. The van der Waals surface area contributed by atoms with Gasteiger partial charge in [0, 0.05) is 29.2 Å². The van der Waals surface area contributed by atoms with Gasteiger partial charge in [0.2, 0.25) is 5.91 Å². The number of amides is 1. The minimum atomic E-state index is -0.731. The maximum atomic E-state index is 15.3. The van der Waals surface area contributed by atoms with Crippen molar-refractivity contribution in [1.29, 1.82) is 0 Å². The van der Waals surface area contributed by atoms with E-state index in [0.717, 1.165) is 12.8 Å². The molecule has 0 radical (unpaired) electrons. The van der Waals surface area contributed by atoms with Crippen LogP contribution in [0.2, 0.25) is 0 Å². The summed E-state index contributed by atoms with van der Waals surface area (Å²) in [5.74, 6) is -0.145. The summed E-state index contributed by atoms with van der Waals surface area (Å²) in [4.78, 5) is 18.7. The van der Waals surface area contributed by atoms with Gasteiger partial charge in [-0.25, -0.2) is 4.39 Å². The number of aromatic nitrogens is 1. The Morgan fingerprint density at radius 3 is 2.50 bits per heavy atom. The maximum absolute atomic E-state index is 15.3. The van der Waals surface area contributed by atoms with E-state index in [2.05, 4.69) is 11.9 Å². The topological polar surface area (TPSA) is 65.6 Å². The molecule has 0 aliphatic carbocycles. The molecule has 1 amide bonds. The van der Waals surface area contributed by atoms with E-state index in [1.165, 1.54) is 0 Å². The number of nitrogens with zero attached hydrogens (tertiary/aromatic N) is 1. The second-order valence-corrected chi connectivity index (χ2v) is 9.97. The van der Waals surface area contributed by atoms with Crippen LogP contribution in [0.15, 0.2) is 18.3 Å². The van der Waals surface area contributed by atoms with E-state index < -0.39 is 17.3 Å². The highest BCUT2D eigenvalue weighted by molar-refractivity contribution is 5.93. The second kappa shape index (κ2) is 7.56. The minimum absolute atomic E-state index is 0.0166. The molecule has 2 aromatic rings. The molecule has 164 valence electrons. The molecule has 0 spiro atoms. The van der Waals surface area contributed by atoms with Crippen LogP contribution in [0, 0.1) is 11.7 Å². The summed E-state index contributed by atoms with van der Waals surface area (Å²) in [6, 6.07) is 3.49. The first kappa shape index (κ1) is 21.2. The van der Waals surface area contributed by atoms with Crippen LogP contribution in [0.3, 0.4) is 0 Å². The molecule has 1 aromatic heterocycles. The van der Waals surface area contributed by atoms with Crippen LogP contribution in [0.1, 0.15) is 71.8 Å². The van der Waals surface area contributed by atoms with Crippen molar-refractivity contribution in [2.45, 2.75) is 90.0 Å². The third-order valence-electron chi connectivity index (χ3n) is 6.72. The van der Waals surface area contributed by atoms with Crippen molar-refractivity contribution in [3.8, 4) is 5.75 Å². The molecule has 2 fully saturated rings. The second-order valence-electron chi connectivity index (χ2n) is 9.97. The third-order valence-corrected chi connectivity index (χ3v) is 6.72. The summed E-state index contributed by atoms with van der Waals surface area (Å²) in [7, 11) is 0. The van der Waals surface area contributed by atoms with Gasteiger partial charge in [0.05, 0.1) is 17.6 Å². The summed E-state index contributed by atoms with van der Waals surface area (Å²) in [5.41, 5.74) is 0.588. The summed E-state index contributed by atoms with van der Waals surface area (Å²) >= 11 is 0. The van der Waals surface area contributed by atoms with Crippen molar-refractivity contribution in [1.82, 2.24) is 9.88 Å². The Kier molecular flexibility index (Phi) is 5.33. The lowest BCUT2D eigenvalue weighted by Gasteiger charge is -2.53. The quantitative estimate of drug-likeness (QED) is 0.757. The predicted molar refractivity (Wildman–Crippen MR) is 115 cm³/mol. The highest BCUT2D eigenvalue weighted by Gasteiger charge is 2.47. The SMILES string of the molecule is CC1CC2CC(C)(O)CC(C1)N2C(=O)C(C)c1c[nH]c2ccc(OC(C)C)c(F)c12. The van der Waals surface area contributed by atoms with E-state index >= 15 is 4.39 Å². The number of aromatic amines is 1. The fourth-order valence-electron chi connectivity index (χ4n) is 5.60. The molecule has 3 unspecified atom stereocenters. The van der Waals surface area contributed by atoms with Gasteiger partial charge >= 0.3 is 0 Å². The monoisotopic (exact) mass is 416 g/mol. The first-order valence-corrected chi connectivity index (χ1v) is 11.1.